The Morgan fingerprint density at radius 3 is 2.30 bits per heavy atom. The van der Waals surface area contributed by atoms with Crippen LogP contribution in [0, 0.1) is 0 Å². The lowest BCUT2D eigenvalue weighted by molar-refractivity contribution is -0.145. The second-order valence-electron chi connectivity index (χ2n) is 4.86. The minimum Gasteiger partial charge on any atom is -0.467 e. The summed E-state index contributed by atoms with van der Waals surface area (Å²) in [5.41, 5.74) is -1.41. The van der Waals surface area contributed by atoms with Crippen LogP contribution in [0.2, 0.25) is 0 Å². The number of nitrogens with one attached hydrogen (secondary N) is 2. The highest BCUT2D eigenvalue weighted by Crippen LogP contribution is 2.26. The highest BCUT2D eigenvalue weighted by molar-refractivity contribution is 6.67. The van der Waals surface area contributed by atoms with Gasteiger partial charge >= 0.3 is 12.1 Å². The maximum atomic E-state index is 12.3. The Morgan fingerprint density at radius 2 is 1.87 bits per heavy atom. The van der Waals surface area contributed by atoms with E-state index in [-0.39, 0.29) is 6.42 Å². The van der Waals surface area contributed by atoms with Gasteiger partial charge in [0.1, 0.15) is 18.2 Å². The first-order valence-electron chi connectivity index (χ1n) is 6.46. The number of methoxy groups -OCH3 is 1. The van der Waals surface area contributed by atoms with Crippen LogP contribution in [-0.4, -0.2) is 47.1 Å². The molecule has 7 nitrogen and oxygen atoms in total. The van der Waals surface area contributed by atoms with Crippen LogP contribution >= 0.6 is 34.8 Å². The van der Waals surface area contributed by atoms with Crippen LogP contribution in [-0.2, 0) is 19.1 Å². The van der Waals surface area contributed by atoms with Gasteiger partial charge in [-0.1, -0.05) is 40.9 Å². The van der Waals surface area contributed by atoms with E-state index >= 15 is 0 Å². The summed E-state index contributed by atoms with van der Waals surface area (Å²) in [6, 6.07) is -0.893. The van der Waals surface area contributed by atoms with Crippen molar-refractivity contribution in [3.05, 3.63) is 12.7 Å². The Labute approximate surface area is 149 Å². The average Bonchev–Trinajstić information content (AvgIpc) is 2.43. The average molecular weight is 390 g/mol. The molecule has 23 heavy (non-hydrogen) atoms. The molecule has 0 radical (unpaired) electrons. The Balaban J connectivity index is 4.89. The van der Waals surface area contributed by atoms with Crippen molar-refractivity contribution < 1.29 is 23.9 Å². The third-order valence-corrected chi connectivity index (χ3v) is 3.03. The zero-order valence-electron chi connectivity index (χ0n) is 13.0. The Kier molecular flexibility index (Phi) is 8.73. The quantitative estimate of drug-likeness (QED) is 0.395. The van der Waals surface area contributed by atoms with Crippen LogP contribution in [0.3, 0.4) is 0 Å². The monoisotopic (exact) mass is 388 g/mol. The van der Waals surface area contributed by atoms with E-state index in [0.29, 0.717) is 0 Å². The molecule has 0 aromatic heterocycles. The molecule has 0 fully saturated rings. The number of alkyl halides is 3. The summed E-state index contributed by atoms with van der Waals surface area (Å²) in [5, 5.41) is 4.78. The molecule has 0 aliphatic heterocycles. The molecule has 0 unspecified atom stereocenters. The topological polar surface area (TPSA) is 93.7 Å². The van der Waals surface area contributed by atoms with Gasteiger partial charge in [0.15, 0.2) is 0 Å². The third-order valence-electron chi connectivity index (χ3n) is 2.70. The van der Waals surface area contributed by atoms with E-state index in [4.69, 9.17) is 39.5 Å². The first-order valence-corrected chi connectivity index (χ1v) is 7.60. The van der Waals surface area contributed by atoms with Crippen molar-refractivity contribution in [2.45, 2.75) is 35.6 Å². The highest BCUT2D eigenvalue weighted by Gasteiger charge is 2.36. The number of carbonyl (C=O) groups excluding carboxylic acids is 3. The second-order valence-corrected chi connectivity index (χ2v) is 7.38. The number of esters is 1. The van der Waals surface area contributed by atoms with Crippen molar-refractivity contribution in [2.24, 2.45) is 0 Å². The Hall–Kier alpha value is -1.18. The molecule has 0 bridgehead atoms. The maximum Gasteiger partial charge on any atom is 0.408 e. The molecule has 0 aromatic carbocycles. The smallest absolute Gasteiger partial charge is 0.408 e. The van der Waals surface area contributed by atoms with Crippen LogP contribution in [0.4, 0.5) is 4.79 Å². The molecule has 132 valence electrons. The van der Waals surface area contributed by atoms with Gasteiger partial charge in [-0.2, -0.15) is 0 Å². The first-order chi connectivity index (χ1) is 10.4. The Bertz CT molecular complexity index is 467. The van der Waals surface area contributed by atoms with E-state index in [0.717, 1.165) is 0 Å². The van der Waals surface area contributed by atoms with Gasteiger partial charge in [-0.3, -0.25) is 4.79 Å². The second kappa shape index (κ2) is 9.20. The minimum absolute atomic E-state index is 0.0790. The summed E-state index contributed by atoms with van der Waals surface area (Å²) in [7, 11) is 1.19. The number of rotatable bonds is 7. The van der Waals surface area contributed by atoms with Crippen LogP contribution in [0.1, 0.15) is 20.3 Å². The SMILES string of the molecule is C=CC[C@@](C)(NC(=O)OCC(Cl)(Cl)Cl)C(=O)N[C@H](C)C(=O)OC. The normalized spacial score (nSPS) is 14.9. The summed E-state index contributed by atoms with van der Waals surface area (Å²) in [4.78, 5) is 35.4. The summed E-state index contributed by atoms with van der Waals surface area (Å²) < 4.78 is 7.46. The van der Waals surface area contributed by atoms with E-state index in [1.54, 1.807) is 0 Å². The lowest BCUT2D eigenvalue weighted by Crippen LogP contribution is -2.59. The van der Waals surface area contributed by atoms with Crippen molar-refractivity contribution in [1.29, 1.82) is 0 Å². The van der Waals surface area contributed by atoms with Gasteiger partial charge in [0.2, 0.25) is 9.70 Å². The lowest BCUT2D eigenvalue weighted by atomic mass is 9.96. The van der Waals surface area contributed by atoms with Gasteiger partial charge in [-0.05, 0) is 20.3 Å². The minimum atomic E-state index is -1.77. The summed E-state index contributed by atoms with van der Waals surface area (Å²) in [5.74, 6) is -1.25. The van der Waals surface area contributed by atoms with Crippen LogP contribution in [0.15, 0.2) is 12.7 Å². The maximum absolute atomic E-state index is 12.3. The number of ether oxygens (including phenoxy) is 2. The van der Waals surface area contributed by atoms with Gasteiger partial charge in [0.05, 0.1) is 7.11 Å². The molecular weight excluding hydrogens is 371 g/mol. The molecule has 10 heteroatoms. The molecule has 0 spiro atoms. The van der Waals surface area contributed by atoms with Gasteiger partial charge < -0.3 is 20.1 Å². The molecule has 0 saturated heterocycles. The van der Waals surface area contributed by atoms with Crippen molar-refractivity contribution >= 4 is 52.8 Å². The van der Waals surface area contributed by atoms with Crippen LogP contribution in [0.5, 0.6) is 0 Å². The first kappa shape index (κ1) is 21.8. The molecule has 0 aliphatic rings. The number of carbonyl (C=O) groups is 3. The van der Waals surface area contributed by atoms with E-state index in [1.165, 1.54) is 27.0 Å². The molecule has 2 N–H and O–H groups in total. The summed E-state index contributed by atoms with van der Waals surface area (Å²) >= 11 is 16.4. The summed E-state index contributed by atoms with van der Waals surface area (Å²) in [6.45, 7) is 5.91. The van der Waals surface area contributed by atoms with Crippen LogP contribution < -0.4 is 10.6 Å². The zero-order chi connectivity index (χ0) is 18.3. The third kappa shape index (κ3) is 8.29. The zero-order valence-corrected chi connectivity index (χ0v) is 15.2. The fourth-order valence-electron chi connectivity index (χ4n) is 1.49. The molecule has 0 saturated carbocycles. The fraction of sp³-hybridized carbons (Fsp3) is 0.615. The number of halogens is 3. The molecule has 0 aromatic rings. The Morgan fingerprint density at radius 1 is 1.30 bits per heavy atom. The standard InChI is InChI=1S/C13H19Cl3N2O5/c1-5-6-12(3,10(20)17-8(2)9(19)22-4)18-11(21)23-7-13(14,15)16/h5,8H,1,6-7H2,2-4H3,(H,17,20)(H,18,21)/t8-,12-/m1/s1. The predicted molar refractivity (Wildman–Crippen MR) is 87.6 cm³/mol. The van der Waals surface area contributed by atoms with Gasteiger partial charge in [0, 0.05) is 0 Å². The number of hydrogen-bond acceptors (Lipinski definition) is 5. The van der Waals surface area contributed by atoms with E-state index in [2.05, 4.69) is 21.9 Å². The molecule has 2 amide bonds. The van der Waals surface area contributed by atoms with Crippen molar-refractivity contribution in [3.8, 4) is 0 Å². The van der Waals surface area contributed by atoms with Crippen LogP contribution in [0.25, 0.3) is 0 Å². The molecule has 0 rings (SSSR count). The van der Waals surface area contributed by atoms with Gasteiger partial charge in [-0.15, -0.1) is 6.58 Å². The number of amides is 2. The van der Waals surface area contributed by atoms with Crippen molar-refractivity contribution in [2.75, 3.05) is 13.7 Å². The van der Waals surface area contributed by atoms with E-state index in [1.807, 2.05) is 0 Å². The van der Waals surface area contributed by atoms with Gasteiger partial charge in [0.25, 0.3) is 0 Å². The van der Waals surface area contributed by atoms with E-state index < -0.39 is 39.9 Å². The largest absolute Gasteiger partial charge is 0.467 e. The highest BCUT2D eigenvalue weighted by atomic mass is 35.6. The van der Waals surface area contributed by atoms with Crippen molar-refractivity contribution in [3.63, 3.8) is 0 Å². The lowest BCUT2D eigenvalue weighted by Gasteiger charge is -2.29. The number of alkyl carbamates (subject to hydrolysis) is 1. The van der Waals surface area contributed by atoms with E-state index in [9.17, 15) is 14.4 Å². The molecular formula is C13H19Cl3N2O5. The molecule has 0 heterocycles. The summed E-state index contributed by atoms with van der Waals surface area (Å²) in [6.07, 6.45) is 0.550. The van der Waals surface area contributed by atoms with Gasteiger partial charge in [-0.25, -0.2) is 9.59 Å². The molecule has 0 aliphatic carbocycles. The fourth-order valence-corrected chi connectivity index (χ4v) is 1.65. The van der Waals surface area contributed by atoms with Crippen molar-refractivity contribution in [1.82, 2.24) is 10.6 Å². The number of hydrogen-bond donors (Lipinski definition) is 2. The predicted octanol–water partition coefficient (Wildman–Crippen LogP) is 2.10. The molecule has 2 atom stereocenters.